The van der Waals surface area contributed by atoms with Gasteiger partial charge in [-0.3, -0.25) is 4.79 Å². The van der Waals surface area contributed by atoms with E-state index in [4.69, 9.17) is 10.5 Å². The van der Waals surface area contributed by atoms with E-state index in [-0.39, 0.29) is 16.5 Å². The Morgan fingerprint density at radius 3 is 2.88 bits per heavy atom. The number of nitrogen functional groups attached to an aromatic ring is 1. The molecule has 1 aromatic carbocycles. The standard InChI is InChI=1S/C28H33BNO2/c1-16-12-23-22-9-4-18-13-20(31)10-11-28(18)26(22)24(29-28)14-27(23,3)25(16)17(2)15-32-21-7-5-19(30)6-8-21/h5-8,10-11,13,16,22-26H,2,4,9,12,14-15,30H2,1,3H3/t16-,22?,23?,24?,25?,26?,27?,28?/m1/s1. The number of ketones is 1. The van der Waals surface area contributed by atoms with Crippen LogP contribution >= 0.6 is 0 Å². The van der Waals surface area contributed by atoms with Gasteiger partial charge in [0.05, 0.1) is 0 Å². The van der Waals surface area contributed by atoms with E-state index in [1.165, 1.54) is 30.4 Å². The van der Waals surface area contributed by atoms with E-state index in [2.05, 4.69) is 33.8 Å². The predicted molar refractivity (Wildman–Crippen MR) is 130 cm³/mol. The van der Waals surface area contributed by atoms with Crippen molar-refractivity contribution in [3.05, 3.63) is 60.2 Å². The summed E-state index contributed by atoms with van der Waals surface area (Å²) in [5.41, 5.74) is 9.47. The molecule has 1 heterocycles. The first-order valence-electron chi connectivity index (χ1n) is 12.3. The lowest BCUT2D eigenvalue weighted by molar-refractivity contribution is -0.110. The lowest BCUT2D eigenvalue weighted by atomic mass is 9.18. The highest BCUT2D eigenvalue weighted by Gasteiger charge is 2.69. The Balaban J connectivity index is 1.23. The SMILES string of the molecule is C=C(COc1ccc(N)cc1)C1[C@H](C)CC2C3CCC4=CC(=O)C=CC45[B]C(CC21C)C35. The maximum atomic E-state index is 12.0. The maximum Gasteiger partial charge on any atom is 0.178 e. The summed E-state index contributed by atoms with van der Waals surface area (Å²) in [4.78, 5) is 12.0. The van der Waals surface area contributed by atoms with E-state index in [0.29, 0.717) is 30.2 Å². The smallest absolute Gasteiger partial charge is 0.178 e. The summed E-state index contributed by atoms with van der Waals surface area (Å²) in [5.74, 6) is 4.97. The second kappa shape index (κ2) is 6.89. The van der Waals surface area contributed by atoms with E-state index in [1.807, 2.05) is 36.4 Å². The number of carbonyl (C=O) groups excluding carboxylic acids is 1. The van der Waals surface area contributed by atoms with Gasteiger partial charge in [0.25, 0.3) is 0 Å². The van der Waals surface area contributed by atoms with Crippen LogP contribution < -0.4 is 10.5 Å². The van der Waals surface area contributed by atoms with Crippen molar-refractivity contribution in [3.8, 4) is 5.75 Å². The molecule has 0 amide bonds. The van der Waals surface area contributed by atoms with Gasteiger partial charge in [-0.05, 0) is 102 Å². The van der Waals surface area contributed by atoms with Crippen molar-refractivity contribution in [2.45, 2.75) is 50.7 Å². The molecule has 6 rings (SSSR count). The molecule has 4 fully saturated rings. The van der Waals surface area contributed by atoms with Crippen molar-refractivity contribution in [3.63, 3.8) is 0 Å². The first-order chi connectivity index (χ1) is 15.3. The molecule has 2 N–H and O–H groups in total. The van der Waals surface area contributed by atoms with Gasteiger partial charge in [0, 0.05) is 5.69 Å². The lowest BCUT2D eigenvalue weighted by Crippen LogP contribution is -2.60. The third-order valence-corrected chi connectivity index (χ3v) is 9.80. The zero-order valence-corrected chi connectivity index (χ0v) is 19.2. The van der Waals surface area contributed by atoms with E-state index in [9.17, 15) is 4.79 Å². The molecule has 1 spiro atoms. The average molecular weight is 426 g/mol. The minimum atomic E-state index is 0.0828. The Morgan fingerprint density at radius 2 is 2.09 bits per heavy atom. The van der Waals surface area contributed by atoms with Gasteiger partial charge in [-0.15, -0.1) is 0 Å². The number of ether oxygens (including phenoxy) is 1. The number of allylic oxidation sites excluding steroid dienone is 4. The van der Waals surface area contributed by atoms with E-state index >= 15 is 0 Å². The van der Waals surface area contributed by atoms with Crippen molar-refractivity contribution in [2.75, 3.05) is 12.3 Å². The zero-order valence-electron chi connectivity index (χ0n) is 19.2. The molecule has 7 unspecified atom stereocenters. The summed E-state index contributed by atoms with van der Waals surface area (Å²) >= 11 is 0. The summed E-state index contributed by atoms with van der Waals surface area (Å²) in [6.45, 7) is 10.1. The second-order valence-electron chi connectivity index (χ2n) is 11.4. The van der Waals surface area contributed by atoms with Crippen molar-refractivity contribution >= 4 is 18.8 Å². The molecule has 1 radical (unpaired) electrons. The molecule has 1 saturated heterocycles. The van der Waals surface area contributed by atoms with Crippen LogP contribution in [0.2, 0.25) is 11.1 Å². The van der Waals surface area contributed by atoms with Gasteiger partial charge in [-0.2, -0.15) is 0 Å². The summed E-state index contributed by atoms with van der Waals surface area (Å²) in [5, 5.41) is 0.0828. The van der Waals surface area contributed by atoms with Crippen LogP contribution in [0.5, 0.6) is 5.75 Å². The highest BCUT2D eigenvalue weighted by Crippen LogP contribution is 2.78. The Hall–Kier alpha value is -2.23. The zero-order chi connectivity index (χ0) is 22.3. The number of fused-ring (bicyclic) bond motifs is 2. The molecule has 3 nitrogen and oxygen atoms in total. The van der Waals surface area contributed by atoms with Crippen LogP contribution in [0.3, 0.4) is 0 Å². The highest BCUT2D eigenvalue weighted by atomic mass is 16.5. The monoisotopic (exact) mass is 426 g/mol. The molecule has 32 heavy (non-hydrogen) atoms. The van der Waals surface area contributed by atoms with Gasteiger partial charge < -0.3 is 10.5 Å². The fraction of sp³-hybridized carbons (Fsp3) is 0.536. The predicted octanol–water partition coefficient (Wildman–Crippen LogP) is 5.64. The molecule has 165 valence electrons. The second-order valence-corrected chi connectivity index (χ2v) is 11.4. The molecule has 3 saturated carbocycles. The summed E-state index contributed by atoms with van der Waals surface area (Å²) in [7, 11) is 2.59. The summed E-state index contributed by atoms with van der Waals surface area (Å²) in [6, 6.07) is 7.65. The fourth-order valence-corrected chi connectivity index (χ4v) is 8.90. The number of anilines is 1. The third-order valence-electron chi connectivity index (χ3n) is 9.80. The van der Waals surface area contributed by atoms with Crippen molar-refractivity contribution in [1.82, 2.24) is 0 Å². The van der Waals surface area contributed by atoms with Crippen LogP contribution in [0.25, 0.3) is 0 Å². The fourth-order valence-electron chi connectivity index (χ4n) is 8.90. The van der Waals surface area contributed by atoms with Gasteiger partial charge in [-0.25, -0.2) is 0 Å². The first-order valence-corrected chi connectivity index (χ1v) is 12.3. The Bertz CT molecular complexity index is 1040. The van der Waals surface area contributed by atoms with Gasteiger partial charge >= 0.3 is 0 Å². The molecule has 4 aliphatic carbocycles. The summed E-state index contributed by atoms with van der Waals surface area (Å²) in [6.07, 6.45) is 10.8. The number of hydrogen-bond acceptors (Lipinski definition) is 3. The van der Waals surface area contributed by atoms with Crippen LogP contribution in [-0.4, -0.2) is 19.7 Å². The minimum absolute atomic E-state index is 0.0828. The van der Waals surface area contributed by atoms with E-state index in [1.54, 1.807) is 0 Å². The summed E-state index contributed by atoms with van der Waals surface area (Å²) < 4.78 is 6.12. The third kappa shape index (κ3) is 2.71. The lowest BCUT2D eigenvalue weighted by Gasteiger charge is -2.68. The Morgan fingerprint density at radius 1 is 1.31 bits per heavy atom. The van der Waals surface area contributed by atoms with E-state index < -0.39 is 0 Å². The normalized spacial score (nSPS) is 43.2. The number of nitrogens with two attached hydrogens (primary N) is 1. The van der Waals surface area contributed by atoms with Crippen LogP contribution in [0.1, 0.15) is 39.5 Å². The maximum absolute atomic E-state index is 12.0. The largest absolute Gasteiger partial charge is 0.489 e. The Labute approximate surface area is 192 Å². The molecular weight excluding hydrogens is 393 g/mol. The minimum Gasteiger partial charge on any atom is -0.489 e. The van der Waals surface area contributed by atoms with Crippen LogP contribution in [0.15, 0.2) is 60.2 Å². The number of benzene rings is 1. The number of hydrogen-bond donors (Lipinski definition) is 1. The quantitative estimate of drug-likeness (QED) is 0.385. The first kappa shape index (κ1) is 20.4. The van der Waals surface area contributed by atoms with Crippen molar-refractivity contribution in [1.29, 1.82) is 0 Å². The molecule has 5 aliphatic rings. The van der Waals surface area contributed by atoms with Gasteiger partial charge in [-0.1, -0.05) is 44.3 Å². The number of carbonyl (C=O) groups is 1. The molecular formula is C28H33BNO2. The molecule has 1 aliphatic heterocycles. The molecule has 0 bridgehead atoms. The van der Waals surface area contributed by atoms with E-state index in [0.717, 1.165) is 29.7 Å². The van der Waals surface area contributed by atoms with Gasteiger partial charge in [0.1, 0.15) is 19.6 Å². The average Bonchev–Trinajstić information content (AvgIpc) is 3.02. The van der Waals surface area contributed by atoms with Crippen LogP contribution in [-0.2, 0) is 4.79 Å². The van der Waals surface area contributed by atoms with Crippen molar-refractivity contribution < 1.29 is 9.53 Å². The Kier molecular flexibility index (Phi) is 4.39. The van der Waals surface area contributed by atoms with Crippen LogP contribution in [0, 0.1) is 35.0 Å². The van der Waals surface area contributed by atoms with Gasteiger partial charge in [0.2, 0.25) is 0 Å². The molecule has 1 aromatic rings. The molecule has 4 heteroatoms. The molecule has 8 atom stereocenters. The topological polar surface area (TPSA) is 52.3 Å². The van der Waals surface area contributed by atoms with Crippen molar-refractivity contribution in [2.24, 2.45) is 35.0 Å². The highest BCUT2D eigenvalue weighted by molar-refractivity contribution is 6.50. The number of rotatable bonds is 4. The van der Waals surface area contributed by atoms with Gasteiger partial charge in [0.15, 0.2) is 5.78 Å². The van der Waals surface area contributed by atoms with Crippen LogP contribution in [0.4, 0.5) is 5.69 Å². The molecule has 0 aromatic heterocycles.